The highest BCUT2D eigenvalue weighted by molar-refractivity contribution is 5.65. The van der Waals surface area contributed by atoms with Gasteiger partial charge in [-0.3, -0.25) is 9.36 Å². The van der Waals surface area contributed by atoms with Gasteiger partial charge in [0.1, 0.15) is 0 Å². The molecule has 24 heavy (non-hydrogen) atoms. The van der Waals surface area contributed by atoms with Gasteiger partial charge in [0.2, 0.25) is 5.95 Å². The van der Waals surface area contributed by atoms with E-state index in [4.69, 9.17) is 5.73 Å². The van der Waals surface area contributed by atoms with Crippen molar-refractivity contribution in [3.05, 3.63) is 81.8 Å². The summed E-state index contributed by atoms with van der Waals surface area (Å²) in [6.07, 6.45) is 1.60. The van der Waals surface area contributed by atoms with Gasteiger partial charge in [-0.1, -0.05) is 55.5 Å². The molecule has 4 heteroatoms. The molecule has 0 fully saturated rings. The molecule has 0 bridgehead atoms. The molecule has 2 aromatic carbocycles. The van der Waals surface area contributed by atoms with E-state index in [0.29, 0.717) is 12.1 Å². The summed E-state index contributed by atoms with van der Waals surface area (Å²) in [6.45, 7) is 2.15. The van der Waals surface area contributed by atoms with E-state index in [2.05, 4.69) is 48.3 Å². The van der Waals surface area contributed by atoms with Crippen LogP contribution in [0.25, 0.3) is 11.1 Å². The fraction of sp³-hybridized carbons (Fsp3) is 0.200. The van der Waals surface area contributed by atoms with E-state index in [1.54, 1.807) is 13.1 Å². The molecule has 0 aliphatic rings. The van der Waals surface area contributed by atoms with Crippen molar-refractivity contribution in [2.24, 2.45) is 7.05 Å². The van der Waals surface area contributed by atoms with Crippen LogP contribution < -0.4 is 11.3 Å². The number of nitrogens with zero attached hydrogens (tertiary/aromatic N) is 2. The van der Waals surface area contributed by atoms with E-state index in [1.807, 2.05) is 12.1 Å². The number of nitrogen functional groups attached to an aromatic ring is 1. The van der Waals surface area contributed by atoms with Crippen LogP contribution in [0.1, 0.15) is 23.7 Å². The second-order valence-electron chi connectivity index (χ2n) is 5.93. The standard InChI is InChI=1S/C20H21N3O/c1-3-14-6-4-8-16(10-14)17-9-5-7-15(11-17)12-18-13-19(24)23(2)20(21)22-18/h4-11,13H,3,12H2,1-2H3,(H2,21,22). The summed E-state index contributed by atoms with van der Waals surface area (Å²) in [5.41, 5.74) is 11.1. The van der Waals surface area contributed by atoms with E-state index < -0.39 is 0 Å². The van der Waals surface area contributed by atoms with E-state index in [0.717, 1.165) is 12.0 Å². The topological polar surface area (TPSA) is 60.9 Å². The molecule has 4 nitrogen and oxygen atoms in total. The Labute approximate surface area is 141 Å². The van der Waals surface area contributed by atoms with Crippen LogP contribution in [0.2, 0.25) is 0 Å². The maximum absolute atomic E-state index is 11.9. The van der Waals surface area contributed by atoms with Crippen molar-refractivity contribution < 1.29 is 0 Å². The Kier molecular flexibility index (Phi) is 4.47. The molecule has 0 spiro atoms. The zero-order valence-corrected chi connectivity index (χ0v) is 14.0. The van der Waals surface area contributed by atoms with Crippen LogP contribution in [-0.4, -0.2) is 9.55 Å². The third-order valence-electron chi connectivity index (χ3n) is 4.20. The summed E-state index contributed by atoms with van der Waals surface area (Å²) in [5, 5.41) is 0. The summed E-state index contributed by atoms with van der Waals surface area (Å²) in [4.78, 5) is 16.2. The highest BCUT2D eigenvalue weighted by Gasteiger charge is 2.06. The van der Waals surface area contributed by atoms with Gasteiger partial charge in [0.15, 0.2) is 0 Å². The third kappa shape index (κ3) is 3.38. The van der Waals surface area contributed by atoms with Gasteiger partial charge in [-0.25, -0.2) is 4.98 Å². The van der Waals surface area contributed by atoms with Crippen LogP contribution in [-0.2, 0) is 19.9 Å². The lowest BCUT2D eigenvalue weighted by Gasteiger charge is -2.08. The Hall–Kier alpha value is -2.88. The predicted octanol–water partition coefficient (Wildman–Crippen LogP) is 3.18. The average Bonchev–Trinajstić information content (AvgIpc) is 2.60. The number of aromatic nitrogens is 2. The lowest BCUT2D eigenvalue weighted by molar-refractivity contribution is 0.825. The van der Waals surface area contributed by atoms with Crippen LogP contribution in [0.15, 0.2) is 59.4 Å². The van der Waals surface area contributed by atoms with Crippen molar-refractivity contribution >= 4 is 5.95 Å². The molecule has 2 N–H and O–H groups in total. The zero-order valence-electron chi connectivity index (χ0n) is 14.0. The van der Waals surface area contributed by atoms with Crippen LogP contribution in [0, 0.1) is 0 Å². The summed E-state index contributed by atoms with van der Waals surface area (Å²) in [6, 6.07) is 18.4. The first kappa shape index (κ1) is 16.0. The van der Waals surface area contributed by atoms with Crippen LogP contribution >= 0.6 is 0 Å². The normalized spacial score (nSPS) is 10.8. The second kappa shape index (κ2) is 6.71. The molecule has 0 unspecified atom stereocenters. The maximum atomic E-state index is 11.9. The Morgan fingerprint density at radius 1 is 1.00 bits per heavy atom. The Morgan fingerprint density at radius 3 is 2.25 bits per heavy atom. The smallest absolute Gasteiger partial charge is 0.254 e. The lowest BCUT2D eigenvalue weighted by Crippen LogP contribution is -2.21. The molecule has 3 rings (SSSR count). The van der Waals surface area contributed by atoms with Gasteiger partial charge < -0.3 is 5.73 Å². The van der Waals surface area contributed by atoms with Gasteiger partial charge in [-0.05, 0) is 28.7 Å². The van der Waals surface area contributed by atoms with E-state index in [9.17, 15) is 4.79 Å². The molecule has 0 aliphatic carbocycles. The van der Waals surface area contributed by atoms with Gasteiger partial charge in [0, 0.05) is 19.5 Å². The minimum absolute atomic E-state index is 0.135. The number of anilines is 1. The van der Waals surface area contributed by atoms with Gasteiger partial charge >= 0.3 is 0 Å². The molecular formula is C20H21N3O. The zero-order chi connectivity index (χ0) is 17.1. The van der Waals surface area contributed by atoms with E-state index in [-0.39, 0.29) is 11.5 Å². The molecule has 1 heterocycles. The van der Waals surface area contributed by atoms with Crippen molar-refractivity contribution in [1.29, 1.82) is 0 Å². The lowest BCUT2D eigenvalue weighted by atomic mass is 9.99. The SMILES string of the molecule is CCc1cccc(-c2cccc(Cc3cc(=O)n(C)c(N)n3)c2)c1. The maximum Gasteiger partial charge on any atom is 0.254 e. The molecule has 122 valence electrons. The van der Waals surface area contributed by atoms with Crippen molar-refractivity contribution in [1.82, 2.24) is 9.55 Å². The number of rotatable bonds is 4. The van der Waals surface area contributed by atoms with Crippen LogP contribution in [0.5, 0.6) is 0 Å². The molecule has 0 amide bonds. The van der Waals surface area contributed by atoms with Crippen molar-refractivity contribution in [3.63, 3.8) is 0 Å². The molecule has 0 saturated heterocycles. The first-order valence-corrected chi connectivity index (χ1v) is 8.07. The molecule has 1 aromatic heterocycles. The minimum Gasteiger partial charge on any atom is -0.369 e. The van der Waals surface area contributed by atoms with Crippen molar-refractivity contribution in [2.75, 3.05) is 5.73 Å². The number of hydrogen-bond acceptors (Lipinski definition) is 3. The summed E-state index contributed by atoms with van der Waals surface area (Å²) >= 11 is 0. The molecular weight excluding hydrogens is 298 g/mol. The molecule has 0 atom stereocenters. The highest BCUT2D eigenvalue weighted by Crippen LogP contribution is 2.22. The van der Waals surface area contributed by atoms with Gasteiger partial charge in [-0.15, -0.1) is 0 Å². The summed E-state index contributed by atoms with van der Waals surface area (Å²) in [7, 11) is 1.62. The van der Waals surface area contributed by atoms with Crippen LogP contribution in [0.3, 0.4) is 0 Å². The number of aryl methyl sites for hydroxylation is 1. The Morgan fingerprint density at radius 2 is 1.62 bits per heavy atom. The summed E-state index contributed by atoms with van der Waals surface area (Å²) < 4.78 is 1.34. The van der Waals surface area contributed by atoms with E-state index in [1.165, 1.54) is 21.3 Å². The summed E-state index contributed by atoms with van der Waals surface area (Å²) in [5.74, 6) is 0.240. The van der Waals surface area contributed by atoms with Gasteiger partial charge in [0.25, 0.3) is 5.56 Å². The van der Waals surface area contributed by atoms with Crippen LogP contribution in [0.4, 0.5) is 5.95 Å². The molecule has 0 radical (unpaired) electrons. The number of hydrogen-bond donors (Lipinski definition) is 1. The van der Waals surface area contributed by atoms with Crippen molar-refractivity contribution in [2.45, 2.75) is 19.8 Å². The monoisotopic (exact) mass is 319 g/mol. The third-order valence-corrected chi connectivity index (χ3v) is 4.20. The number of benzene rings is 2. The molecule has 0 saturated carbocycles. The quantitative estimate of drug-likeness (QED) is 0.803. The van der Waals surface area contributed by atoms with Gasteiger partial charge in [-0.2, -0.15) is 0 Å². The largest absolute Gasteiger partial charge is 0.369 e. The Bertz CT molecular complexity index is 928. The van der Waals surface area contributed by atoms with Crippen molar-refractivity contribution in [3.8, 4) is 11.1 Å². The minimum atomic E-state index is -0.135. The second-order valence-corrected chi connectivity index (χ2v) is 5.93. The average molecular weight is 319 g/mol. The number of nitrogens with two attached hydrogens (primary N) is 1. The first-order chi connectivity index (χ1) is 11.6. The van der Waals surface area contributed by atoms with Gasteiger partial charge in [0.05, 0.1) is 5.69 Å². The molecule has 0 aliphatic heterocycles. The van der Waals surface area contributed by atoms with E-state index >= 15 is 0 Å². The Balaban J connectivity index is 1.92. The highest BCUT2D eigenvalue weighted by atomic mass is 16.1. The fourth-order valence-electron chi connectivity index (χ4n) is 2.74. The molecule has 3 aromatic rings. The first-order valence-electron chi connectivity index (χ1n) is 8.07. The predicted molar refractivity (Wildman–Crippen MR) is 98.0 cm³/mol. The fourth-order valence-corrected chi connectivity index (χ4v) is 2.74.